The molecule has 2 aromatic rings. The van der Waals surface area contributed by atoms with Gasteiger partial charge in [0.25, 0.3) is 0 Å². The zero-order chi connectivity index (χ0) is 19.9. The van der Waals surface area contributed by atoms with Crippen molar-refractivity contribution in [2.45, 2.75) is 25.9 Å². The molecule has 0 unspecified atom stereocenters. The van der Waals surface area contributed by atoms with E-state index >= 15 is 0 Å². The lowest BCUT2D eigenvalue weighted by Crippen LogP contribution is -2.46. The molecule has 0 radical (unpaired) electrons. The van der Waals surface area contributed by atoms with Crippen molar-refractivity contribution in [1.29, 1.82) is 0 Å². The van der Waals surface area contributed by atoms with Gasteiger partial charge in [-0.15, -0.1) is 0 Å². The fraction of sp³-hybridized carbons (Fsp3) is 0.409. The topological polar surface area (TPSA) is 60.0 Å². The third-order valence-corrected chi connectivity index (χ3v) is 4.91. The molecule has 2 amide bonds. The highest BCUT2D eigenvalue weighted by atomic mass is 16.5. The molecule has 2 aromatic carbocycles. The molecule has 1 N–H and O–H groups in total. The van der Waals surface area contributed by atoms with E-state index in [4.69, 9.17) is 14.2 Å². The summed E-state index contributed by atoms with van der Waals surface area (Å²) in [5, 5.41) is 2.85. The molecule has 3 rings (SSSR count). The van der Waals surface area contributed by atoms with E-state index in [0.717, 1.165) is 41.2 Å². The number of benzene rings is 2. The number of rotatable bonds is 6. The Morgan fingerprint density at radius 2 is 1.86 bits per heavy atom. The first-order valence-corrected chi connectivity index (χ1v) is 9.66. The molecular weight excluding hydrogens is 356 g/mol. The molecule has 0 bridgehead atoms. The smallest absolute Gasteiger partial charge is 0.317 e. The van der Waals surface area contributed by atoms with Crippen LogP contribution in [-0.2, 0) is 0 Å². The lowest BCUT2D eigenvalue weighted by molar-refractivity contribution is 0.111. The Labute approximate surface area is 166 Å². The standard InChI is InChI=1S/C22H28N2O4/c1-4-23-22(25)24-12-10-17(11-13-24)28-19-7-5-6-16(14-19)20-15-18(26-2)8-9-21(20)27-3/h5-9,14-15,17H,4,10-13H2,1-3H3,(H,23,25). The van der Waals surface area contributed by atoms with Crippen LogP contribution in [0.4, 0.5) is 4.79 Å². The van der Waals surface area contributed by atoms with Crippen LogP contribution >= 0.6 is 0 Å². The van der Waals surface area contributed by atoms with Gasteiger partial charge in [-0.3, -0.25) is 0 Å². The number of methoxy groups -OCH3 is 2. The van der Waals surface area contributed by atoms with Crippen molar-refractivity contribution in [3.8, 4) is 28.4 Å². The Morgan fingerprint density at radius 3 is 2.54 bits per heavy atom. The minimum atomic E-state index is 0.00747. The SMILES string of the molecule is CCNC(=O)N1CCC(Oc2cccc(-c3cc(OC)ccc3OC)c2)CC1. The van der Waals surface area contributed by atoms with Crippen molar-refractivity contribution < 1.29 is 19.0 Å². The molecule has 0 aliphatic carbocycles. The van der Waals surface area contributed by atoms with Crippen molar-refractivity contribution in [3.63, 3.8) is 0 Å². The van der Waals surface area contributed by atoms with Crippen LogP contribution in [0.5, 0.6) is 17.2 Å². The fourth-order valence-corrected chi connectivity index (χ4v) is 3.41. The molecule has 0 atom stereocenters. The maximum absolute atomic E-state index is 11.9. The third kappa shape index (κ3) is 4.68. The second kappa shape index (κ2) is 9.35. The second-order valence-electron chi connectivity index (χ2n) is 6.73. The normalized spacial score (nSPS) is 14.5. The first-order chi connectivity index (χ1) is 13.6. The molecular formula is C22H28N2O4. The number of nitrogens with one attached hydrogen (secondary N) is 1. The van der Waals surface area contributed by atoms with Crippen LogP contribution in [0.2, 0.25) is 0 Å². The predicted molar refractivity (Wildman–Crippen MR) is 109 cm³/mol. The highest BCUT2D eigenvalue weighted by Crippen LogP contribution is 2.35. The number of nitrogens with zero attached hydrogens (tertiary/aromatic N) is 1. The molecule has 1 aliphatic heterocycles. The van der Waals surface area contributed by atoms with Gasteiger partial charge in [0.15, 0.2) is 0 Å². The zero-order valence-electron chi connectivity index (χ0n) is 16.7. The highest BCUT2D eigenvalue weighted by molar-refractivity contribution is 5.74. The van der Waals surface area contributed by atoms with Gasteiger partial charge in [0.1, 0.15) is 23.4 Å². The van der Waals surface area contributed by atoms with Crippen molar-refractivity contribution in [3.05, 3.63) is 42.5 Å². The van der Waals surface area contributed by atoms with E-state index in [1.54, 1.807) is 14.2 Å². The molecule has 150 valence electrons. The summed E-state index contributed by atoms with van der Waals surface area (Å²) in [6, 6.07) is 13.7. The summed E-state index contributed by atoms with van der Waals surface area (Å²) in [6.45, 7) is 3.99. The van der Waals surface area contributed by atoms with Crippen molar-refractivity contribution in [2.75, 3.05) is 33.9 Å². The lowest BCUT2D eigenvalue weighted by atomic mass is 10.0. The largest absolute Gasteiger partial charge is 0.497 e. The molecule has 1 heterocycles. The van der Waals surface area contributed by atoms with Crippen molar-refractivity contribution >= 4 is 6.03 Å². The Kier molecular flexibility index (Phi) is 6.63. The van der Waals surface area contributed by atoms with Crippen molar-refractivity contribution in [2.24, 2.45) is 0 Å². The monoisotopic (exact) mass is 384 g/mol. The van der Waals surface area contributed by atoms with Crippen LogP contribution in [0.15, 0.2) is 42.5 Å². The predicted octanol–water partition coefficient (Wildman–Crippen LogP) is 3.94. The average Bonchev–Trinajstić information content (AvgIpc) is 2.74. The lowest BCUT2D eigenvalue weighted by Gasteiger charge is -2.32. The van der Waals surface area contributed by atoms with Crippen LogP contribution in [0.1, 0.15) is 19.8 Å². The van der Waals surface area contributed by atoms with Gasteiger partial charge < -0.3 is 24.4 Å². The maximum Gasteiger partial charge on any atom is 0.317 e. The van der Waals surface area contributed by atoms with E-state index in [9.17, 15) is 4.79 Å². The number of carbonyl (C=O) groups excluding carboxylic acids is 1. The Balaban J connectivity index is 1.69. The zero-order valence-corrected chi connectivity index (χ0v) is 16.7. The van der Waals surface area contributed by atoms with Gasteiger partial charge in [0.05, 0.1) is 14.2 Å². The molecule has 28 heavy (non-hydrogen) atoms. The van der Waals surface area contributed by atoms with E-state index in [1.165, 1.54) is 0 Å². The number of urea groups is 1. The van der Waals surface area contributed by atoms with Crippen LogP contribution in [0, 0.1) is 0 Å². The van der Waals surface area contributed by atoms with Crippen LogP contribution < -0.4 is 19.5 Å². The van der Waals surface area contributed by atoms with E-state index < -0.39 is 0 Å². The molecule has 1 saturated heterocycles. The van der Waals surface area contributed by atoms with Gasteiger partial charge >= 0.3 is 6.03 Å². The summed E-state index contributed by atoms with van der Waals surface area (Å²) in [5.41, 5.74) is 1.96. The number of hydrogen-bond acceptors (Lipinski definition) is 4. The van der Waals surface area contributed by atoms with Crippen LogP contribution in [-0.4, -0.2) is 50.9 Å². The van der Waals surface area contributed by atoms with Gasteiger partial charge in [-0.1, -0.05) is 12.1 Å². The summed E-state index contributed by atoms with van der Waals surface area (Å²) in [4.78, 5) is 13.8. The Morgan fingerprint density at radius 1 is 1.07 bits per heavy atom. The quantitative estimate of drug-likeness (QED) is 0.819. The first kappa shape index (κ1) is 19.9. The van der Waals surface area contributed by atoms with Gasteiger partial charge in [-0.2, -0.15) is 0 Å². The minimum Gasteiger partial charge on any atom is -0.497 e. The Bertz CT molecular complexity index is 801. The number of hydrogen-bond donors (Lipinski definition) is 1. The molecule has 6 nitrogen and oxygen atoms in total. The van der Waals surface area contributed by atoms with E-state index in [-0.39, 0.29) is 12.1 Å². The number of likely N-dealkylation sites (tertiary alicyclic amines) is 1. The summed E-state index contributed by atoms with van der Waals surface area (Å²) in [6.07, 6.45) is 1.75. The van der Waals surface area contributed by atoms with Gasteiger partial charge in [0.2, 0.25) is 0 Å². The number of amides is 2. The number of ether oxygens (including phenoxy) is 3. The molecule has 0 aromatic heterocycles. The van der Waals surface area contributed by atoms with E-state index in [0.29, 0.717) is 19.6 Å². The van der Waals surface area contributed by atoms with Gasteiger partial charge in [-0.05, 0) is 42.8 Å². The van der Waals surface area contributed by atoms with Gasteiger partial charge in [0, 0.05) is 38.0 Å². The van der Waals surface area contributed by atoms with Crippen molar-refractivity contribution in [1.82, 2.24) is 10.2 Å². The molecule has 1 fully saturated rings. The number of carbonyl (C=O) groups is 1. The fourth-order valence-electron chi connectivity index (χ4n) is 3.41. The number of piperidine rings is 1. The summed E-state index contributed by atoms with van der Waals surface area (Å²) in [5.74, 6) is 2.38. The summed E-state index contributed by atoms with van der Waals surface area (Å²) in [7, 11) is 3.31. The minimum absolute atomic E-state index is 0.00747. The first-order valence-electron chi connectivity index (χ1n) is 9.66. The summed E-state index contributed by atoms with van der Waals surface area (Å²) < 4.78 is 17.1. The molecule has 6 heteroatoms. The molecule has 1 aliphatic rings. The molecule has 0 spiro atoms. The Hall–Kier alpha value is -2.89. The molecule has 0 saturated carbocycles. The van der Waals surface area contributed by atoms with Crippen LogP contribution in [0.25, 0.3) is 11.1 Å². The second-order valence-corrected chi connectivity index (χ2v) is 6.73. The van der Waals surface area contributed by atoms with E-state index in [2.05, 4.69) is 5.32 Å². The maximum atomic E-state index is 11.9. The highest BCUT2D eigenvalue weighted by Gasteiger charge is 2.23. The third-order valence-electron chi connectivity index (χ3n) is 4.91. The van der Waals surface area contributed by atoms with Gasteiger partial charge in [-0.25, -0.2) is 4.79 Å². The summed E-state index contributed by atoms with van der Waals surface area (Å²) >= 11 is 0. The average molecular weight is 384 g/mol. The van der Waals surface area contributed by atoms with E-state index in [1.807, 2.05) is 54.3 Å². The van der Waals surface area contributed by atoms with Crippen LogP contribution in [0.3, 0.4) is 0 Å².